The minimum Gasteiger partial charge on any atom is -0.355 e. The predicted molar refractivity (Wildman–Crippen MR) is 246 cm³/mol. The summed E-state index contributed by atoms with van der Waals surface area (Å²) in [5.41, 5.74) is 23.2. The Balaban J connectivity index is 1.41. The van der Waals surface area contributed by atoms with Crippen molar-refractivity contribution in [3.05, 3.63) is 128 Å². The number of ether oxygens (including phenoxy) is 2. The van der Waals surface area contributed by atoms with E-state index in [2.05, 4.69) is 132 Å². The summed E-state index contributed by atoms with van der Waals surface area (Å²) in [5, 5.41) is 0. The fraction of sp³-hybridized carbons (Fsp3) is 0.321. The molecule has 59 heavy (non-hydrogen) atoms. The summed E-state index contributed by atoms with van der Waals surface area (Å²) >= 11 is 0. The number of unbranched alkanes of at least 4 members (excludes halogenated alkanes) is 2. The van der Waals surface area contributed by atoms with E-state index in [1.165, 1.54) is 44.4 Å². The summed E-state index contributed by atoms with van der Waals surface area (Å²) in [6.45, 7) is 17.8. The van der Waals surface area contributed by atoms with Gasteiger partial charge in [0.2, 0.25) is 0 Å². The highest BCUT2D eigenvalue weighted by Crippen LogP contribution is 2.42. The van der Waals surface area contributed by atoms with E-state index in [0.29, 0.717) is 0 Å². The highest BCUT2D eigenvalue weighted by atomic mass is 16.7. The molecule has 0 unspecified atom stereocenters. The minimum atomic E-state index is -0.399. The van der Waals surface area contributed by atoms with E-state index < -0.39 is 6.29 Å². The van der Waals surface area contributed by atoms with Crippen molar-refractivity contribution < 1.29 is 9.47 Å². The Morgan fingerprint density at radius 1 is 0.559 bits per heavy atom. The van der Waals surface area contributed by atoms with Crippen LogP contribution in [0.25, 0.3) is 55.5 Å². The summed E-state index contributed by atoms with van der Waals surface area (Å²) in [6, 6.07) is 23.1. The van der Waals surface area contributed by atoms with Crippen molar-refractivity contribution in [2.24, 2.45) is 0 Å². The zero-order valence-electron chi connectivity index (χ0n) is 36.4. The van der Waals surface area contributed by atoms with Gasteiger partial charge in [0.1, 0.15) is 0 Å². The highest BCUT2D eigenvalue weighted by Gasteiger charge is 2.25. The van der Waals surface area contributed by atoms with Crippen molar-refractivity contribution in [1.29, 1.82) is 0 Å². The molecule has 5 aromatic rings. The van der Waals surface area contributed by atoms with E-state index in [1.807, 2.05) is 24.3 Å². The average molecular weight is 781 g/mol. The summed E-state index contributed by atoms with van der Waals surface area (Å²) < 4.78 is 10.7. The second-order valence-electron chi connectivity index (χ2n) is 15.8. The molecule has 2 aliphatic rings. The number of aromatic amines is 2. The first kappa shape index (κ1) is 41.2. The molecule has 5 heterocycles. The molecule has 0 spiro atoms. The van der Waals surface area contributed by atoms with Gasteiger partial charge >= 0.3 is 0 Å². The maximum Gasteiger partial charge on any atom is 0.183 e. The van der Waals surface area contributed by atoms with Crippen LogP contribution in [0.5, 0.6) is 0 Å². The monoisotopic (exact) mass is 780 g/mol. The standard InChI is InChI=1S/C53H56N4O2/c1-11-13-19-42-36(7)46-29-44-32(3)34(5)51(56-44)50(40-25-21-38(22-26-40)17-15-16-18-39-23-27-41(28-24-39)53(58-9)59-10)52-35(6)33(4)45(57-52)30-47-37(8)43(20-14-12-2)49(55-47)31-48(42)54-46/h21-31,53-55H,11-14,19-20H2,1-10H3. The number of aromatic nitrogens is 4. The first-order chi connectivity index (χ1) is 28.6. The maximum atomic E-state index is 5.44. The van der Waals surface area contributed by atoms with Crippen LogP contribution in [0, 0.1) is 37.5 Å². The number of benzene rings is 2. The topological polar surface area (TPSA) is 75.8 Å². The third kappa shape index (κ3) is 8.35. The molecule has 6 nitrogen and oxygen atoms in total. The van der Waals surface area contributed by atoms with Crippen molar-refractivity contribution in [3.63, 3.8) is 0 Å². The first-order valence-corrected chi connectivity index (χ1v) is 21.0. The Labute approximate surface area is 350 Å². The lowest BCUT2D eigenvalue weighted by Gasteiger charge is -2.13. The molecule has 0 radical (unpaired) electrons. The van der Waals surface area contributed by atoms with Crippen LogP contribution < -0.4 is 0 Å². The van der Waals surface area contributed by atoms with Gasteiger partial charge in [-0.2, -0.15) is 0 Å². The molecule has 7 rings (SSSR count). The average Bonchev–Trinajstić information content (AvgIpc) is 3.89. The van der Waals surface area contributed by atoms with Crippen LogP contribution in [0.2, 0.25) is 0 Å². The maximum absolute atomic E-state index is 5.44. The van der Waals surface area contributed by atoms with E-state index in [0.717, 1.165) is 111 Å². The summed E-state index contributed by atoms with van der Waals surface area (Å²) in [7, 11) is 3.25. The number of nitrogens with one attached hydrogen (secondary N) is 2. The Bertz CT molecular complexity index is 2640. The molecule has 300 valence electrons. The Morgan fingerprint density at radius 2 is 1.00 bits per heavy atom. The van der Waals surface area contributed by atoms with Gasteiger partial charge in [0, 0.05) is 58.5 Å². The van der Waals surface area contributed by atoms with Gasteiger partial charge in [0.15, 0.2) is 6.29 Å². The fourth-order valence-corrected chi connectivity index (χ4v) is 8.15. The smallest absolute Gasteiger partial charge is 0.183 e. The summed E-state index contributed by atoms with van der Waals surface area (Å²) in [6.07, 6.45) is 6.23. The summed E-state index contributed by atoms with van der Waals surface area (Å²) in [5.74, 6) is 12.4. The number of H-pyrrole nitrogens is 2. The van der Waals surface area contributed by atoms with Gasteiger partial charge in [-0.3, -0.25) is 0 Å². The van der Waals surface area contributed by atoms with E-state index in [4.69, 9.17) is 19.4 Å². The van der Waals surface area contributed by atoms with Gasteiger partial charge in [-0.25, -0.2) is 9.97 Å². The van der Waals surface area contributed by atoms with E-state index in [-0.39, 0.29) is 0 Å². The number of aryl methyl sites for hydroxylation is 4. The fourth-order valence-electron chi connectivity index (χ4n) is 8.15. The van der Waals surface area contributed by atoms with Crippen molar-refractivity contribution in [2.45, 2.75) is 100 Å². The molecule has 0 saturated carbocycles. The van der Waals surface area contributed by atoms with Crippen LogP contribution >= 0.6 is 0 Å². The molecule has 0 atom stereocenters. The lowest BCUT2D eigenvalue weighted by atomic mass is 9.94. The first-order valence-electron chi connectivity index (χ1n) is 21.0. The van der Waals surface area contributed by atoms with Gasteiger partial charge in [-0.1, -0.05) is 62.8 Å². The minimum absolute atomic E-state index is 0.399. The molecule has 2 aromatic carbocycles. The third-order valence-electron chi connectivity index (χ3n) is 12.1. The molecule has 2 aliphatic heterocycles. The van der Waals surface area contributed by atoms with E-state index >= 15 is 0 Å². The van der Waals surface area contributed by atoms with Crippen LogP contribution in [0.3, 0.4) is 0 Å². The third-order valence-corrected chi connectivity index (χ3v) is 12.1. The molecule has 3 aromatic heterocycles. The van der Waals surface area contributed by atoms with E-state index in [9.17, 15) is 0 Å². The molecule has 0 fully saturated rings. The molecule has 0 amide bonds. The molecule has 0 aliphatic carbocycles. The van der Waals surface area contributed by atoms with Gasteiger partial charge < -0.3 is 19.4 Å². The quantitative estimate of drug-likeness (QED) is 0.109. The Morgan fingerprint density at radius 3 is 1.42 bits per heavy atom. The molecule has 0 saturated heterocycles. The van der Waals surface area contributed by atoms with Crippen LogP contribution in [0.4, 0.5) is 0 Å². The van der Waals surface area contributed by atoms with Crippen LogP contribution in [-0.2, 0) is 22.3 Å². The number of methoxy groups -OCH3 is 2. The van der Waals surface area contributed by atoms with Crippen molar-refractivity contribution in [2.75, 3.05) is 14.2 Å². The van der Waals surface area contributed by atoms with Crippen molar-refractivity contribution in [1.82, 2.24) is 19.9 Å². The molecule has 8 bridgehead atoms. The van der Waals surface area contributed by atoms with Crippen LogP contribution in [0.1, 0.15) is 135 Å². The van der Waals surface area contributed by atoms with Gasteiger partial charge in [-0.15, -0.1) is 0 Å². The van der Waals surface area contributed by atoms with Gasteiger partial charge in [-0.05, 0) is 172 Å². The Hall–Kier alpha value is -5.92. The molecular formula is C53H56N4O2. The van der Waals surface area contributed by atoms with Crippen LogP contribution in [-0.4, -0.2) is 34.2 Å². The molecular weight excluding hydrogens is 725 g/mol. The van der Waals surface area contributed by atoms with Gasteiger partial charge in [0.05, 0.1) is 22.8 Å². The lowest BCUT2D eigenvalue weighted by Crippen LogP contribution is -2.03. The second-order valence-corrected chi connectivity index (χ2v) is 15.8. The molecule has 6 heteroatoms. The summed E-state index contributed by atoms with van der Waals surface area (Å²) in [4.78, 5) is 18.6. The Kier molecular flexibility index (Phi) is 12.5. The predicted octanol–water partition coefficient (Wildman–Crippen LogP) is 12.9. The number of fused-ring (bicyclic) bond motifs is 8. The SMILES string of the molecule is CCCCc1c(C)c2cc3nc(c(-c4ccc(C#CC#Cc5ccc(C(OC)OC)cc5)cc4)c4nc(cc5[nH]c(cc1[nH]2)c(CCCC)c5C)C(C)=C4C)C(C)=C3C. The van der Waals surface area contributed by atoms with Crippen LogP contribution in [0.15, 0.2) is 66.7 Å². The number of allylic oxidation sites excluding steroid dienone is 4. The zero-order chi connectivity index (χ0) is 41.8. The highest BCUT2D eigenvalue weighted by molar-refractivity contribution is 6.01. The number of hydrogen-bond acceptors (Lipinski definition) is 4. The number of nitrogens with zero attached hydrogens (tertiary/aromatic N) is 2. The van der Waals surface area contributed by atoms with E-state index in [1.54, 1.807) is 14.2 Å². The molecule has 2 N–H and O–H groups in total. The van der Waals surface area contributed by atoms with Crippen molar-refractivity contribution in [3.8, 4) is 34.8 Å². The van der Waals surface area contributed by atoms with Gasteiger partial charge in [0.25, 0.3) is 0 Å². The van der Waals surface area contributed by atoms with Crippen molar-refractivity contribution >= 4 is 44.4 Å². The number of rotatable bonds is 10. The largest absolute Gasteiger partial charge is 0.355 e. The zero-order valence-corrected chi connectivity index (χ0v) is 36.4. The lowest BCUT2D eigenvalue weighted by molar-refractivity contribution is -0.106. The second kappa shape index (κ2) is 17.9. The number of hydrogen-bond donors (Lipinski definition) is 2. The normalized spacial score (nSPS) is 12.5.